The largest absolute Gasteiger partial charge is 0.339 e. The first kappa shape index (κ1) is 12.2. The van der Waals surface area contributed by atoms with Gasteiger partial charge in [0, 0.05) is 24.7 Å². The number of fused-ring (bicyclic) bond motifs is 1. The molecular formula is C16H18N2O. The highest BCUT2D eigenvalue weighted by Gasteiger charge is 2.21. The van der Waals surface area contributed by atoms with Crippen molar-refractivity contribution >= 4 is 16.8 Å². The Morgan fingerprint density at radius 1 is 1.26 bits per heavy atom. The molecule has 3 rings (SSSR count). The monoisotopic (exact) mass is 254 g/mol. The van der Waals surface area contributed by atoms with E-state index in [1.165, 1.54) is 0 Å². The van der Waals surface area contributed by atoms with Crippen molar-refractivity contribution in [2.75, 3.05) is 13.1 Å². The van der Waals surface area contributed by atoms with E-state index in [4.69, 9.17) is 0 Å². The summed E-state index contributed by atoms with van der Waals surface area (Å²) in [6.45, 7) is 3.99. The molecule has 1 amide bonds. The summed E-state index contributed by atoms with van der Waals surface area (Å²) in [5.74, 6) is 0.851. The number of para-hydroxylation sites is 1. The number of hydrogen-bond donors (Lipinski definition) is 0. The van der Waals surface area contributed by atoms with E-state index < -0.39 is 0 Å². The maximum Gasteiger partial charge on any atom is 0.255 e. The van der Waals surface area contributed by atoms with Gasteiger partial charge in [0.2, 0.25) is 0 Å². The molecule has 1 aromatic carbocycles. The smallest absolute Gasteiger partial charge is 0.255 e. The van der Waals surface area contributed by atoms with Gasteiger partial charge in [0.1, 0.15) is 0 Å². The Balaban J connectivity index is 1.85. The standard InChI is InChI=1S/C16H18N2O/c1-12-6-8-18(9-7-12)16(19)14-10-13-4-2-3-5-15(13)17-11-14/h2-5,10-12H,6-9H2,1H3. The summed E-state index contributed by atoms with van der Waals surface area (Å²) in [5, 5.41) is 1.03. The third-order valence-corrected chi connectivity index (χ3v) is 3.91. The Labute approximate surface area is 113 Å². The normalized spacial score (nSPS) is 16.8. The fourth-order valence-electron chi connectivity index (χ4n) is 2.58. The van der Waals surface area contributed by atoms with Gasteiger partial charge in [0.15, 0.2) is 0 Å². The average Bonchev–Trinajstić information content (AvgIpc) is 2.47. The van der Waals surface area contributed by atoms with Gasteiger partial charge in [-0.3, -0.25) is 9.78 Å². The van der Waals surface area contributed by atoms with Crippen molar-refractivity contribution in [3.63, 3.8) is 0 Å². The molecule has 1 aliphatic heterocycles. The van der Waals surface area contributed by atoms with E-state index in [0.717, 1.165) is 42.8 Å². The van der Waals surface area contributed by atoms with Gasteiger partial charge in [-0.15, -0.1) is 0 Å². The summed E-state index contributed by atoms with van der Waals surface area (Å²) in [5.41, 5.74) is 1.64. The molecule has 1 aliphatic rings. The van der Waals surface area contributed by atoms with E-state index in [1.807, 2.05) is 35.2 Å². The summed E-state index contributed by atoms with van der Waals surface area (Å²) in [6.07, 6.45) is 3.90. The minimum Gasteiger partial charge on any atom is -0.339 e. The van der Waals surface area contributed by atoms with Crippen LogP contribution in [0.5, 0.6) is 0 Å². The number of nitrogens with zero attached hydrogens (tertiary/aromatic N) is 2. The summed E-state index contributed by atoms with van der Waals surface area (Å²) in [7, 11) is 0. The Morgan fingerprint density at radius 3 is 2.79 bits per heavy atom. The topological polar surface area (TPSA) is 33.2 Å². The van der Waals surface area contributed by atoms with E-state index in [9.17, 15) is 4.79 Å². The number of benzene rings is 1. The molecular weight excluding hydrogens is 236 g/mol. The van der Waals surface area contributed by atoms with Crippen LogP contribution >= 0.6 is 0 Å². The average molecular weight is 254 g/mol. The Morgan fingerprint density at radius 2 is 2.00 bits per heavy atom. The van der Waals surface area contributed by atoms with E-state index in [0.29, 0.717) is 5.56 Å². The number of pyridine rings is 1. The third kappa shape index (κ3) is 2.46. The number of rotatable bonds is 1. The molecule has 0 N–H and O–H groups in total. The van der Waals surface area contributed by atoms with Crippen LogP contribution in [0.15, 0.2) is 36.5 Å². The molecule has 2 heterocycles. The van der Waals surface area contributed by atoms with Crippen molar-refractivity contribution in [1.82, 2.24) is 9.88 Å². The molecule has 0 atom stereocenters. The minimum absolute atomic E-state index is 0.116. The summed E-state index contributed by atoms with van der Waals surface area (Å²) >= 11 is 0. The van der Waals surface area contributed by atoms with Crippen LogP contribution in [0, 0.1) is 5.92 Å². The molecule has 1 saturated heterocycles. The van der Waals surface area contributed by atoms with Gasteiger partial charge in [-0.25, -0.2) is 0 Å². The molecule has 1 fully saturated rings. The van der Waals surface area contributed by atoms with Crippen LogP contribution in [0.3, 0.4) is 0 Å². The molecule has 0 saturated carbocycles. The van der Waals surface area contributed by atoms with Crippen molar-refractivity contribution in [2.45, 2.75) is 19.8 Å². The van der Waals surface area contributed by atoms with Crippen LogP contribution in [0.4, 0.5) is 0 Å². The minimum atomic E-state index is 0.116. The fraction of sp³-hybridized carbons (Fsp3) is 0.375. The summed E-state index contributed by atoms with van der Waals surface area (Å²) in [6, 6.07) is 9.84. The Kier molecular flexibility index (Phi) is 3.20. The van der Waals surface area contributed by atoms with E-state index in [-0.39, 0.29) is 5.91 Å². The second kappa shape index (κ2) is 5.00. The lowest BCUT2D eigenvalue weighted by molar-refractivity contribution is 0.0697. The van der Waals surface area contributed by atoms with Crippen LogP contribution in [0.2, 0.25) is 0 Å². The highest BCUT2D eigenvalue weighted by molar-refractivity contribution is 5.97. The van der Waals surface area contributed by atoms with Gasteiger partial charge in [-0.1, -0.05) is 25.1 Å². The second-order valence-electron chi connectivity index (χ2n) is 5.39. The summed E-state index contributed by atoms with van der Waals surface area (Å²) < 4.78 is 0. The van der Waals surface area contributed by atoms with Crippen LogP contribution < -0.4 is 0 Å². The molecule has 2 aromatic rings. The zero-order valence-electron chi connectivity index (χ0n) is 11.2. The van der Waals surface area contributed by atoms with Gasteiger partial charge in [0.05, 0.1) is 11.1 Å². The number of aromatic nitrogens is 1. The van der Waals surface area contributed by atoms with Gasteiger partial charge < -0.3 is 4.90 Å². The lowest BCUT2D eigenvalue weighted by atomic mass is 9.98. The number of piperidine rings is 1. The van der Waals surface area contributed by atoms with Gasteiger partial charge in [0.25, 0.3) is 5.91 Å². The van der Waals surface area contributed by atoms with Crippen molar-refractivity contribution in [3.8, 4) is 0 Å². The van der Waals surface area contributed by atoms with Crippen molar-refractivity contribution in [3.05, 3.63) is 42.1 Å². The third-order valence-electron chi connectivity index (χ3n) is 3.91. The number of hydrogen-bond acceptors (Lipinski definition) is 2. The van der Waals surface area contributed by atoms with Crippen molar-refractivity contribution < 1.29 is 4.79 Å². The van der Waals surface area contributed by atoms with E-state index >= 15 is 0 Å². The fourth-order valence-corrected chi connectivity index (χ4v) is 2.58. The molecule has 0 unspecified atom stereocenters. The van der Waals surface area contributed by atoms with Gasteiger partial charge in [-0.2, -0.15) is 0 Å². The van der Waals surface area contributed by atoms with Crippen LogP contribution in [0.25, 0.3) is 10.9 Å². The molecule has 0 aliphatic carbocycles. The maximum absolute atomic E-state index is 12.4. The highest BCUT2D eigenvalue weighted by atomic mass is 16.2. The quantitative estimate of drug-likeness (QED) is 0.783. The number of likely N-dealkylation sites (tertiary alicyclic amines) is 1. The first-order valence-corrected chi connectivity index (χ1v) is 6.88. The van der Waals surface area contributed by atoms with Crippen LogP contribution in [0.1, 0.15) is 30.1 Å². The zero-order valence-corrected chi connectivity index (χ0v) is 11.2. The van der Waals surface area contributed by atoms with Crippen LogP contribution in [-0.2, 0) is 0 Å². The Bertz CT molecular complexity index is 600. The number of carbonyl (C=O) groups excluding carboxylic acids is 1. The molecule has 1 aromatic heterocycles. The van der Waals surface area contributed by atoms with Gasteiger partial charge in [-0.05, 0) is 30.9 Å². The lowest BCUT2D eigenvalue weighted by Crippen LogP contribution is -2.37. The lowest BCUT2D eigenvalue weighted by Gasteiger charge is -2.30. The number of amides is 1. The first-order valence-electron chi connectivity index (χ1n) is 6.88. The molecule has 98 valence electrons. The molecule has 3 heteroatoms. The first-order chi connectivity index (χ1) is 9.24. The van der Waals surface area contributed by atoms with Crippen molar-refractivity contribution in [2.24, 2.45) is 5.92 Å². The Hall–Kier alpha value is -1.90. The SMILES string of the molecule is CC1CCN(C(=O)c2cnc3ccccc3c2)CC1. The molecule has 0 spiro atoms. The van der Waals surface area contributed by atoms with E-state index in [1.54, 1.807) is 6.20 Å². The second-order valence-corrected chi connectivity index (χ2v) is 5.39. The summed E-state index contributed by atoms with van der Waals surface area (Å²) in [4.78, 5) is 18.8. The molecule has 0 radical (unpaired) electrons. The number of carbonyl (C=O) groups is 1. The molecule has 19 heavy (non-hydrogen) atoms. The predicted octanol–water partition coefficient (Wildman–Crippen LogP) is 3.11. The maximum atomic E-state index is 12.4. The van der Waals surface area contributed by atoms with Gasteiger partial charge >= 0.3 is 0 Å². The molecule has 0 bridgehead atoms. The zero-order chi connectivity index (χ0) is 13.2. The van der Waals surface area contributed by atoms with Crippen LogP contribution in [-0.4, -0.2) is 28.9 Å². The van der Waals surface area contributed by atoms with Crippen molar-refractivity contribution in [1.29, 1.82) is 0 Å². The molecule has 3 nitrogen and oxygen atoms in total. The van der Waals surface area contributed by atoms with E-state index in [2.05, 4.69) is 11.9 Å². The predicted molar refractivity (Wildman–Crippen MR) is 76.0 cm³/mol. The highest BCUT2D eigenvalue weighted by Crippen LogP contribution is 2.19.